The van der Waals surface area contributed by atoms with Crippen LogP contribution < -0.4 is 5.32 Å². The summed E-state index contributed by atoms with van der Waals surface area (Å²) in [7, 11) is 0. The van der Waals surface area contributed by atoms with E-state index in [0.29, 0.717) is 12.1 Å². The van der Waals surface area contributed by atoms with Gasteiger partial charge in [0.25, 0.3) is 5.91 Å². The van der Waals surface area contributed by atoms with E-state index in [0.717, 1.165) is 12.8 Å². The lowest BCUT2D eigenvalue weighted by molar-refractivity contribution is 0.0953. The predicted octanol–water partition coefficient (Wildman–Crippen LogP) is 3.50. The Kier molecular flexibility index (Phi) is 4.88. The summed E-state index contributed by atoms with van der Waals surface area (Å²) in [5, 5.41) is 2.84. The van der Waals surface area contributed by atoms with E-state index in [1.807, 2.05) is 0 Å². The highest BCUT2D eigenvalue weighted by Crippen LogP contribution is 2.06. The van der Waals surface area contributed by atoms with Gasteiger partial charge in [0.1, 0.15) is 5.82 Å². The van der Waals surface area contributed by atoms with Crippen LogP contribution in [0.1, 0.15) is 27.9 Å². The third-order valence-corrected chi connectivity index (χ3v) is 3.15. The Balaban J connectivity index is 1.74. The Morgan fingerprint density at radius 2 is 1.70 bits per heavy atom. The quantitative estimate of drug-likeness (QED) is 0.829. The van der Waals surface area contributed by atoms with Crippen LogP contribution in [0.5, 0.6) is 0 Å². The summed E-state index contributed by atoms with van der Waals surface area (Å²) < 4.78 is 12.7. The Hall–Kier alpha value is -2.16. The van der Waals surface area contributed by atoms with Gasteiger partial charge in [-0.1, -0.05) is 29.8 Å². The molecule has 0 aliphatic rings. The highest BCUT2D eigenvalue weighted by Gasteiger charge is 2.04. The molecule has 0 saturated carbocycles. The summed E-state index contributed by atoms with van der Waals surface area (Å²) in [5.74, 6) is -0.491. The van der Waals surface area contributed by atoms with Gasteiger partial charge in [0.2, 0.25) is 0 Å². The Morgan fingerprint density at radius 1 is 1.05 bits per heavy atom. The van der Waals surface area contributed by atoms with Gasteiger partial charge in [-0.05, 0) is 49.6 Å². The van der Waals surface area contributed by atoms with Gasteiger partial charge in [0, 0.05) is 12.1 Å². The first-order valence-corrected chi connectivity index (χ1v) is 6.74. The number of carbonyl (C=O) groups excluding carboxylic acids is 1. The third kappa shape index (κ3) is 4.19. The number of hydrogen-bond donors (Lipinski definition) is 1. The van der Waals surface area contributed by atoms with Crippen LogP contribution in [0.15, 0.2) is 48.5 Å². The molecular weight excluding hydrogens is 253 g/mol. The van der Waals surface area contributed by atoms with Crippen molar-refractivity contribution in [2.45, 2.75) is 19.8 Å². The van der Waals surface area contributed by atoms with Gasteiger partial charge >= 0.3 is 0 Å². The molecule has 0 aromatic heterocycles. The van der Waals surface area contributed by atoms with Crippen LogP contribution >= 0.6 is 0 Å². The van der Waals surface area contributed by atoms with Gasteiger partial charge in [-0.2, -0.15) is 0 Å². The maximum Gasteiger partial charge on any atom is 0.251 e. The van der Waals surface area contributed by atoms with E-state index < -0.39 is 0 Å². The molecule has 0 unspecified atom stereocenters. The second kappa shape index (κ2) is 6.85. The van der Waals surface area contributed by atoms with E-state index in [1.54, 1.807) is 0 Å². The van der Waals surface area contributed by atoms with Crippen LogP contribution in [-0.4, -0.2) is 12.5 Å². The molecule has 0 atom stereocenters. The number of aryl methyl sites for hydroxylation is 2. The van der Waals surface area contributed by atoms with Gasteiger partial charge in [0.15, 0.2) is 0 Å². The standard InChI is InChI=1S/C17H18FNO/c1-13-4-6-14(7-5-13)3-2-12-19-17(20)15-8-10-16(18)11-9-15/h4-11H,2-3,12H2,1H3,(H,19,20). The van der Waals surface area contributed by atoms with E-state index >= 15 is 0 Å². The number of rotatable bonds is 5. The van der Waals surface area contributed by atoms with Crippen LogP contribution in [0.3, 0.4) is 0 Å². The molecule has 104 valence electrons. The van der Waals surface area contributed by atoms with Crippen molar-refractivity contribution in [3.8, 4) is 0 Å². The third-order valence-electron chi connectivity index (χ3n) is 3.15. The lowest BCUT2D eigenvalue weighted by atomic mass is 10.1. The van der Waals surface area contributed by atoms with Crippen molar-refractivity contribution in [1.82, 2.24) is 5.32 Å². The Labute approximate surface area is 118 Å². The average Bonchev–Trinajstić information content (AvgIpc) is 2.46. The summed E-state index contributed by atoms with van der Waals surface area (Å²) in [6.07, 6.45) is 1.82. The topological polar surface area (TPSA) is 29.1 Å². The molecule has 0 spiro atoms. The summed E-state index contributed by atoms with van der Waals surface area (Å²) in [6, 6.07) is 14.0. The first kappa shape index (κ1) is 14.3. The monoisotopic (exact) mass is 271 g/mol. The zero-order valence-corrected chi connectivity index (χ0v) is 11.5. The van der Waals surface area contributed by atoms with Crippen LogP contribution in [0.25, 0.3) is 0 Å². The van der Waals surface area contributed by atoms with Gasteiger partial charge in [0.05, 0.1) is 0 Å². The second-order valence-corrected chi connectivity index (χ2v) is 4.85. The van der Waals surface area contributed by atoms with Crippen molar-refractivity contribution in [2.24, 2.45) is 0 Å². The molecule has 2 aromatic rings. The van der Waals surface area contributed by atoms with E-state index in [-0.39, 0.29) is 11.7 Å². The van der Waals surface area contributed by atoms with Gasteiger partial charge in [-0.25, -0.2) is 4.39 Å². The minimum absolute atomic E-state index is 0.158. The van der Waals surface area contributed by atoms with Crippen molar-refractivity contribution in [3.63, 3.8) is 0 Å². The SMILES string of the molecule is Cc1ccc(CCCNC(=O)c2ccc(F)cc2)cc1. The molecule has 0 aliphatic heterocycles. The first-order chi connectivity index (χ1) is 9.65. The van der Waals surface area contributed by atoms with Crippen molar-refractivity contribution in [2.75, 3.05) is 6.54 Å². The minimum atomic E-state index is -0.332. The van der Waals surface area contributed by atoms with Crippen LogP contribution in [-0.2, 0) is 6.42 Å². The predicted molar refractivity (Wildman–Crippen MR) is 78.2 cm³/mol. The Bertz CT molecular complexity index is 561. The maximum absolute atomic E-state index is 12.7. The number of hydrogen-bond acceptors (Lipinski definition) is 1. The highest BCUT2D eigenvalue weighted by atomic mass is 19.1. The summed E-state index contributed by atoms with van der Waals surface area (Å²) in [6.45, 7) is 2.68. The molecule has 0 saturated heterocycles. The molecule has 0 radical (unpaired) electrons. The normalized spacial score (nSPS) is 10.3. The molecule has 1 N–H and O–H groups in total. The van der Waals surface area contributed by atoms with Crippen LogP contribution in [0, 0.1) is 12.7 Å². The molecule has 0 heterocycles. The highest BCUT2D eigenvalue weighted by molar-refractivity contribution is 5.94. The lowest BCUT2D eigenvalue weighted by Crippen LogP contribution is -2.24. The number of carbonyl (C=O) groups is 1. The number of benzene rings is 2. The van der Waals surface area contributed by atoms with Gasteiger partial charge < -0.3 is 5.32 Å². The van der Waals surface area contributed by atoms with E-state index in [2.05, 4.69) is 36.5 Å². The zero-order valence-electron chi connectivity index (χ0n) is 11.5. The molecular formula is C17H18FNO. The average molecular weight is 271 g/mol. The fourth-order valence-electron chi connectivity index (χ4n) is 1.95. The summed E-state index contributed by atoms with van der Waals surface area (Å²) in [5.41, 5.74) is 3.01. The molecule has 20 heavy (non-hydrogen) atoms. The molecule has 0 bridgehead atoms. The van der Waals surface area contributed by atoms with Crippen molar-refractivity contribution < 1.29 is 9.18 Å². The van der Waals surface area contributed by atoms with E-state index in [9.17, 15) is 9.18 Å². The van der Waals surface area contributed by atoms with Crippen molar-refractivity contribution >= 4 is 5.91 Å². The Morgan fingerprint density at radius 3 is 2.35 bits per heavy atom. The molecule has 0 aliphatic carbocycles. The van der Waals surface area contributed by atoms with E-state index in [4.69, 9.17) is 0 Å². The molecule has 1 amide bonds. The largest absolute Gasteiger partial charge is 0.352 e. The van der Waals surface area contributed by atoms with Gasteiger partial charge in [-0.15, -0.1) is 0 Å². The first-order valence-electron chi connectivity index (χ1n) is 6.74. The van der Waals surface area contributed by atoms with Gasteiger partial charge in [-0.3, -0.25) is 4.79 Å². The van der Waals surface area contributed by atoms with Crippen molar-refractivity contribution in [1.29, 1.82) is 0 Å². The smallest absolute Gasteiger partial charge is 0.251 e. The minimum Gasteiger partial charge on any atom is -0.352 e. The maximum atomic E-state index is 12.7. The molecule has 2 nitrogen and oxygen atoms in total. The number of halogens is 1. The molecule has 2 aromatic carbocycles. The van der Waals surface area contributed by atoms with E-state index in [1.165, 1.54) is 35.4 Å². The fraction of sp³-hybridized carbons (Fsp3) is 0.235. The zero-order chi connectivity index (χ0) is 14.4. The number of amides is 1. The molecule has 2 rings (SSSR count). The lowest BCUT2D eigenvalue weighted by Gasteiger charge is -2.05. The van der Waals surface area contributed by atoms with Crippen LogP contribution in [0.2, 0.25) is 0 Å². The molecule has 3 heteroatoms. The summed E-state index contributed by atoms with van der Waals surface area (Å²) in [4.78, 5) is 11.8. The van der Waals surface area contributed by atoms with Crippen molar-refractivity contribution in [3.05, 3.63) is 71.0 Å². The number of nitrogens with one attached hydrogen (secondary N) is 1. The molecule has 0 fully saturated rings. The summed E-state index contributed by atoms with van der Waals surface area (Å²) >= 11 is 0. The second-order valence-electron chi connectivity index (χ2n) is 4.85. The van der Waals surface area contributed by atoms with Crippen LogP contribution in [0.4, 0.5) is 4.39 Å². The fourth-order valence-corrected chi connectivity index (χ4v) is 1.95.